The van der Waals surface area contributed by atoms with Crippen LogP contribution in [0.25, 0.3) is 21.5 Å². The zero-order chi connectivity index (χ0) is 19.3. The minimum Gasteiger partial charge on any atom is -0.291 e. The molecule has 0 aromatic heterocycles. The predicted octanol–water partition coefficient (Wildman–Crippen LogP) is 6.84. The number of rotatable bonds is 5. The van der Waals surface area contributed by atoms with Crippen LogP contribution in [0.1, 0.15) is 11.1 Å². The van der Waals surface area contributed by atoms with Gasteiger partial charge in [0.1, 0.15) is 0 Å². The molecule has 0 amide bonds. The molecule has 0 heterocycles. The van der Waals surface area contributed by atoms with Crippen molar-refractivity contribution in [2.45, 2.75) is 0 Å². The lowest BCUT2D eigenvalue weighted by atomic mass is 10.1. The molecule has 0 radical (unpaired) electrons. The molecule has 0 bridgehead atoms. The second-order valence-corrected chi connectivity index (χ2v) is 7.33. The Morgan fingerprint density at radius 2 is 0.929 bits per heavy atom. The highest BCUT2D eigenvalue weighted by Gasteiger charge is 2.01. The van der Waals surface area contributed by atoms with Gasteiger partial charge in [0.05, 0.1) is 13.1 Å². The minimum absolute atomic E-state index is 0.588. The van der Waals surface area contributed by atoms with Crippen LogP contribution in [0, 0.1) is 0 Å². The first-order valence-corrected chi connectivity index (χ1v) is 9.82. The van der Waals surface area contributed by atoms with E-state index in [1.54, 1.807) is 0 Å². The molecule has 4 aromatic rings. The SMILES string of the molecule is Clc1cc2ccccc2cc1C=NCCN=Cc1cc2ccccc2cc1Cl. The van der Waals surface area contributed by atoms with Crippen molar-refractivity contribution < 1.29 is 0 Å². The summed E-state index contributed by atoms with van der Waals surface area (Å²) in [5.74, 6) is 0. The van der Waals surface area contributed by atoms with E-state index >= 15 is 0 Å². The van der Waals surface area contributed by atoms with Gasteiger partial charge in [-0.05, 0) is 45.8 Å². The number of halogens is 2. The third-order valence-electron chi connectivity index (χ3n) is 4.55. The first kappa shape index (κ1) is 18.7. The Bertz CT molecular complexity index is 1100. The normalized spacial score (nSPS) is 11.9. The molecule has 0 aliphatic carbocycles. The van der Waals surface area contributed by atoms with Crippen molar-refractivity contribution in [1.82, 2.24) is 0 Å². The Hall–Kier alpha value is -2.68. The molecule has 0 spiro atoms. The van der Waals surface area contributed by atoms with Crippen molar-refractivity contribution in [3.63, 3.8) is 0 Å². The summed E-state index contributed by atoms with van der Waals surface area (Å²) in [6.45, 7) is 1.18. The number of hydrogen-bond donors (Lipinski definition) is 0. The highest BCUT2D eigenvalue weighted by atomic mass is 35.5. The third kappa shape index (κ3) is 4.24. The van der Waals surface area contributed by atoms with Crippen molar-refractivity contribution >= 4 is 57.2 Å². The van der Waals surface area contributed by atoms with Crippen LogP contribution < -0.4 is 0 Å². The molecule has 4 aromatic carbocycles. The maximum absolute atomic E-state index is 6.35. The summed E-state index contributed by atoms with van der Waals surface area (Å²) in [6.07, 6.45) is 3.63. The highest BCUT2D eigenvalue weighted by Crippen LogP contribution is 2.23. The van der Waals surface area contributed by atoms with Gasteiger partial charge in [0.25, 0.3) is 0 Å². The number of benzene rings is 4. The van der Waals surface area contributed by atoms with Crippen LogP contribution >= 0.6 is 23.2 Å². The van der Waals surface area contributed by atoms with Gasteiger partial charge in [0.2, 0.25) is 0 Å². The quantitative estimate of drug-likeness (QED) is 0.257. The monoisotopic (exact) mass is 404 g/mol. The number of aliphatic imine (C=N–C) groups is 2. The zero-order valence-electron chi connectivity index (χ0n) is 15.1. The van der Waals surface area contributed by atoms with Gasteiger partial charge in [-0.3, -0.25) is 9.98 Å². The summed E-state index contributed by atoms with van der Waals surface area (Å²) in [4.78, 5) is 8.91. The molecular weight excluding hydrogens is 387 g/mol. The Morgan fingerprint density at radius 1 is 0.571 bits per heavy atom. The van der Waals surface area contributed by atoms with Crippen molar-refractivity contribution in [3.8, 4) is 0 Å². The van der Waals surface area contributed by atoms with E-state index in [0.717, 1.165) is 32.7 Å². The fourth-order valence-corrected chi connectivity index (χ4v) is 3.54. The van der Waals surface area contributed by atoms with Gasteiger partial charge < -0.3 is 0 Å². The minimum atomic E-state index is 0.588. The summed E-state index contributed by atoms with van der Waals surface area (Å²) in [7, 11) is 0. The molecule has 0 unspecified atom stereocenters. The van der Waals surface area contributed by atoms with E-state index in [2.05, 4.69) is 46.4 Å². The summed E-state index contributed by atoms with van der Waals surface area (Å²) in [5.41, 5.74) is 1.84. The van der Waals surface area contributed by atoms with Crippen LogP contribution in [0.2, 0.25) is 10.0 Å². The Morgan fingerprint density at radius 3 is 1.32 bits per heavy atom. The molecule has 0 saturated carbocycles. The second-order valence-electron chi connectivity index (χ2n) is 6.51. The summed E-state index contributed by atoms with van der Waals surface area (Å²) in [5, 5.41) is 5.96. The van der Waals surface area contributed by atoms with Gasteiger partial charge in [-0.1, -0.05) is 71.7 Å². The van der Waals surface area contributed by atoms with Crippen molar-refractivity contribution in [1.29, 1.82) is 0 Å². The first-order chi connectivity index (χ1) is 13.7. The Balaban J connectivity index is 1.40. The van der Waals surface area contributed by atoms with E-state index in [0.29, 0.717) is 23.1 Å². The average molecular weight is 405 g/mol. The van der Waals surface area contributed by atoms with Crippen LogP contribution in [-0.2, 0) is 0 Å². The van der Waals surface area contributed by atoms with E-state index in [4.69, 9.17) is 23.2 Å². The lowest BCUT2D eigenvalue weighted by Crippen LogP contribution is -1.92. The van der Waals surface area contributed by atoms with Crippen LogP contribution in [0.4, 0.5) is 0 Å². The van der Waals surface area contributed by atoms with Gasteiger partial charge in [-0.25, -0.2) is 0 Å². The van der Waals surface area contributed by atoms with E-state index in [-0.39, 0.29) is 0 Å². The number of fused-ring (bicyclic) bond motifs is 2. The lowest BCUT2D eigenvalue weighted by molar-refractivity contribution is 0.985. The molecule has 138 valence electrons. The fourth-order valence-electron chi connectivity index (χ4n) is 3.10. The molecule has 0 N–H and O–H groups in total. The zero-order valence-corrected chi connectivity index (χ0v) is 16.7. The highest BCUT2D eigenvalue weighted by molar-refractivity contribution is 6.34. The Kier molecular flexibility index (Phi) is 5.70. The topological polar surface area (TPSA) is 24.7 Å². The molecule has 0 fully saturated rings. The van der Waals surface area contributed by atoms with Gasteiger partial charge in [-0.2, -0.15) is 0 Å². The third-order valence-corrected chi connectivity index (χ3v) is 5.20. The average Bonchev–Trinajstić information content (AvgIpc) is 2.71. The van der Waals surface area contributed by atoms with Gasteiger partial charge in [0, 0.05) is 33.6 Å². The van der Waals surface area contributed by atoms with Gasteiger partial charge in [0.15, 0.2) is 0 Å². The maximum Gasteiger partial charge on any atom is 0.0585 e. The van der Waals surface area contributed by atoms with Crippen molar-refractivity contribution in [2.75, 3.05) is 13.1 Å². The van der Waals surface area contributed by atoms with Crippen molar-refractivity contribution in [2.24, 2.45) is 9.98 Å². The molecule has 28 heavy (non-hydrogen) atoms. The van der Waals surface area contributed by atoms with Crippen LogP contribution in [0.15, 0.2) is 82.8 Å². The number of nitrogens with zero attached hydrogens (tertiary/aromatic N) is 2. The Labute approximate surface area is 174 Å². The first-order valence-electron chi connectivity index (χ1n) is 9.07. The summed E-state index contributed by atoms with van der Waals surface area (Å²) >= 11 is 12.7. The molecule has 0 aliphatic rings. The molecule has 4 rings (SSSR count). The molecule has 0 saturated heterocycles. The lowest BCUT2D eigenvalue weighted by Gasteiger charge is -2.03. The van der Waals surface area contributed by atoms with E-state index in [9.17, 15) is 0 Å². The van der Waals surface area contributed by atoms with E-state index in [1.165, 1.54) is 0 Å². The molecular formula is C24H18Cl2N2. The van der Waals surface area contributed by atoms with Crippen molar-refractivity contribution in [3.05, 3.63) is 94.0 Å². The standard InChI is InChI=1S/C24H18Cl2N2/c25-23-13-19-7-3-1-5-17(19)11-21(23)15-27-9-10-28-16-22-12-18-6-2-4-8-20(18)14-24(22)26/h1-8,11-16H,9-10H2. The van der Waals surface area contributed by atoms with Crippen LogP contribution in [-0.4, -0.2) is 25.5 Å². The van der Waals surface area contributed by atoms with Gasteiger partial charge >= 0.3 is 0 Å². The van der Waals surface area contributed by atoms with E-state index < -0.39 is 0 Å². The largest absolute Gasteiger partial charge is 0.291 e. The predicted molar refractivity (Wildman–Crippen MR) is 123 cm³/mol. The summed E-state index contributed by atoms with van der Waals surface area (Å²) < 4.78 is 0. The molecule has 0 aliphatic heterocycles. The molecule has 4 heteroatoms. The number of hydrogen-bond acceptors (Lipinski definition) is 2. The second kappa shape index (κ2) is 8.55. The fraction of sp³-hybridized carbons (Fsp3) is 0.0833. The van der Waals surface area contributed by atoms with Crippen LogP contribution in [0.3, 0.4) is 0 Å². The molecule has 2 nitrogen and oxygen atoms in total. The van der Waals surface area contributed by atoms with Gasteiger partial charge in [-0.15, -0.1) is 0 Å². The van der Waals surface area contributed by atoms with Crippen LogP contribution in [0.5, 0.6) is 0 Å². The molecule has 0 atom stereocenters. The van der Waals surface area contributed by atoms with E-state index in [1.807, 2.05) is 48.8 Å². The smallest absolute Gasteiger partial charge is 0.0585 e. The maximum atomic E-state index is 6.35. The summed E-state index contributed by atoms with van der Waals surface area (Å²) in [6, 6.07) is 24.3.